The Bertz CT molecular complexity index is 696. The van der Waals surface area contributed by atoms with Crippen LogP contribution in [-0.2, 0) is 0 Å². The summed E-state index contributed by atoms with van der Waals surface area (Å²) in [5.41, 5.74) is 1.54. The molecule has 1 saturated heterocycles. The van der Waals surface area contributed by atoms with Crippen LogP contribution in [0, 0.1) is 11.3 Å². The van der Waals surface area contributed by atoms with Crippen LogP contribution < -0.4 is 4.90 Å². The molecule has 0 saturated carbocycles. The highest BCUT2D eigenvalue weighted by Crippen LogP contribution is 2.20. The van der Waals surface area contributed by atoms with Gasteiger partial charge in [-0.25, -0.2) is 4.98 Å². The molecule has 0 bridgehead atoms. The minimum absolute atomic E-state index is 0.328. The number of hydrogen-bond acceptors (Lipinski definition) is 5. The number of piperazine rings is 1. The summed E-state index contributed by atoms with van der Waals surface area (Å²) in [5.74, 6) is 0.907. The highest BCUT2D eigenvalue weighted by atomic mass is 16.3. The van der Waals surface area contributed by atoms with Gasteiger partial charge in [0.05, 0.1) is 11.7 Å². The summed E-state index contributed by atoms with van der Waals surface area (Å²) in [5, 5.41) is 19.3. The number of rotatable bonds is 4. The van der Waals surface area contributed by atoms with Gasteiger partial charge in [-0.1, -0.05) is 30.3 Å². The van der Waals surface area contributed by atoms with E-state index >= 15 is 0 Å². The molecule has 1 aromatic carbocycles. The van der Waals surface area contributed by atoms with E-state index < -0.39 is 6.10 Å². The maximum Gasteiger partial charge on any atom is 0.128 e. The summed E-state index contributed by atoms with van der Waals surface area (Å²) in [7, 11) is 0. The topological polar surface area (TPSA) is 63.4 Å². The normalized spacial score (nSPS) is 19.7. The van der Waals surface area contributed by atoms with Crippen molar-refractivity contribution >= 4 is 5.82 Å². The van der Waals surface area contributed by atoms with Crippen LogP contribution in [0.1, 0.15) is 24.2 Å². The van der Waals surface area contributed by atoms with Crippen molar-refractivity contribution in [2.45, 2.75) is 19.1 Å². The van der Waals surface area contributed by atoms with Crippen LogP contribution in [-0.4, -0.2) is 47.2 Å². The van der Waals surface area contributed by atoms with Crippen molar-refractivity contribution in [2.75, 3.05) is 31.1 Å². The summed E-state index contributed by atoms with van der Waals surface area (Å²) in [4.78, 5) is 8.93. The lowest BCUT2D eigenvalue weighted by Crippen LogP contribution is -2.53. The van der Waals surface area contributed by atoms with Crippen LogP contribution in [0.25, 0.3) is 0 Å². The molecule has 0 radical (unpaired) electrons. The minimum atomic E-state index is -0.465. The average molecular weight is 322 g/mol. The molecule has 5 heteroatoms. The summed E-state index contributed by atoms with van der Waals surface area (Å²) < 4.78 is 0. The number of pyridine rings is 1. The Balaban J connectivity index is 1.59. The number of nitrogens with zero attached hydrogens (tertiary/aromatic N) is 4. The molecule has 5 nitrogen and oxygen atoms in total. The predicted octanol–water partition coefficient (Wildman–Crippen LogP) is 2.20. The first-order chi connectivity index (χ1) is 11.7. The molecule has 0 unspecified atom stereocenters. The van der Waals surface area contributed by atoms with Crippen molar-refractivity contribution in [1.29, 1.82) is 5.26 Å². The molecule has 124 valence electrons. The highest BCUT2D eigenvalue weighted by Gasteiger charge is 2.26. The summed E-state index contributed by atoms with van der Waals surface area (Å²) in [6.45, 7) is 5.42. The van der Waals surface area contributed by atoms with E-state index in [1.54, 1.807) is 12.3 Å². The van der Waals surface area contributed by atoms with Crippen LogP contribution in [0.5, 0.6) is 0 Å². The number of benzene rings is 1. The molecule has 3 rings (SSSR count). The van der Waals surface area contributed by atoms with Gasteiger partial charge in [-0.15, -0.1) is 0 Å². The van der Waals surface area contributed by atoms with Crippen LogP contribution >= 0.6 is 0 Å². The Morgan fingerprint density at radius 2 is 2.04 bits per heavy atom. The van der Waals surface area contributed by atoms with E-state index in [1.165, 1.54) is 0 Å². The summed E-state index contributed by atoms with van der Waals surface area (Å²) >= 11 is 0. The first-order valence-electron chi connectivity index (χ1n) is 8.25. The third-order valence-electron chi connectivity index (χ3n) is 4.56. The number of aliphatic hydroxyl groups is 1. The maximum absolute atomic E-state index is 10.4. The molecule has 2 atom stereocenters. The zero-order valence-electron chi connectivity index (χ0n) is 13.8. The Labute approximate surface area is 142 Å². The van der Waals surface area contributed by atoms with Crippen molar-refractivity contribution in [3.63, 3.8) is 0 Å². The van der Waals surface area contributed by atoms with Crippen LogP contribution in [0.15, 0.2) is 48.7 Å². The lowest BCUT2D eigenvalue weighted by molar-refractivity contribution is 0.0848. The number of aromatic nitrogens is 1. The lowest BCUT2D eigenvalue weighted by Gasteiger charge is -2.41. The zero-order valence-corrected chi connectivity index (χ0v) is 13.8. The van der Waals surface area contributed by atoms with E-state index in [4.69, 9.17) is 5.26 Å². The predicted molar refractivity (Wildman–Crippen MR) is 93.6 cm³/mol. The first kappa shape index (κ1) is 16.4. The van der Waals surface area contributed by atoms with E-state index in [-0.39, 0.29) is 0 Å². The Hall–Kier alpha value is -2.42. The van der Waals surface area contributed by atoms with E-state index in [9.17, 15) is 5.11 Å². The first-order valence-corrected chi connectivity index (χ1v) is 8.25. The smallest absolute Gasteiger partial charge is 0.128 e. The molecule has 1 fully saturated rings. The van der Waals surface area contributed by atoms with Crippen molar-refractivity contribution in [1.82, 2.24) is 9.88 Å². The van der Waals surface area contributed by atoms with Crippen LogP contribution in [0.4, 0.5) is 5.82 Å². The van der Waals surface area contributed by atoms with E-state index in [2.05, 4.69) is 27.8 Å². The zero-order chi connectivity index (χ0) is 16.9. The van der Waals surface area contributed by atoms with Crippen molar-refractivity contribution in [2.24, 2.45) is 0 Å². The standard InChI is InChI=1S/C19H22N4O/c1-15-13-23(19-8-7-16(11-20)12-21-19)10-9-22(15)14-18(24)17-5-3-2-4-6-17/h2-8,12,15,18,24H,9-10,13-14H2,1H3/t15-,18-/m1/s1. The molecule has 1 aliphatic heterocycles. The van der Waals surface area contributed by atoms with Gasteiger partial charge in [0.15, 0.2) is 0 Å². The second kappa shape index (κ2) is 7.43. The Morgan fingerprint density at radius 1 is 1.25 bits per heavy atom. The second-order valence-corrected chi connectivity index (χ2v) is 6.23. The number of β-amino-alcohol motifs (C(OH)–C–C–N with tert-alkyl or cyclic N) is 1. The number of aliphatic hydroxyl groups excluding tert-OH is 1. The fraction of sp³-hybridized carbons (Fsp3) is 0.368. The van der Waals surface area contributed by atoms with Gasteiger partial charge in [0.1, 0.15) is 11.9 Å². The third-order valence-corrected chi connectivity index (χ3v) is 4.56. The van der Waals surface area contributed by atoms with Crippen LogP contribution in [0.3, 0.4) is 0 Å². The fourth-order valence-corrected chi connectivity index (χ4v) is 3.12. The fourth-order valence-electron chi connectivity index (χ4n) is 3.12. The molecule has 0 amide bonds. The number of nitriles is 1. The molecule has 0 spiro atoms. The quantitative estimate of drug-likeness (QED) is 0.935. The van der Waals surface area contributed by atoms with E-state index in [1.807, 2.05) is 36.4 Å². The van der Waals surface area contributed by atoms with Gasteiger partial charge in [-0.05, 0) is 24.6 Å². The number of hydrogen-bond donors (Lipinski definition) is 1. The average Bonchev–Trinajstić information content (AvgIpc) is 2.64. The number of anilines is 1. The van der Waals surface area contributed by atoms with Crippen molar-refractivity contribution in [3.05, 3.63) is 59.8 Å². The van der Waals surface area contributed by atoms with E-state index in [0.717, 1.165) is 31.0 Å². The largest absolute Gasteiger partial charge is 0.387 e. The second-order valence-electron chi connectivity index (χ2n) is 6.23. The maximum atomic E-state index is 10.4. The SMILES string of the molecule is C[C@@H]1CN(c2ccc(C#N)cn2)CCN1C[C@@H](O)c1ccccc1. The monoisotopic (exact) mass is 322 g/mol. The molecule has 1 aromatic heterocycles. The van der Waals surface area contributed by atoms with Gasteiger partial charge in [0, 0.05) is 38.4 Å². The molecule has 2 aromatic rings. The molecule has 2 heterocycles. The van der Waals surface area contributed by atoms with Crippen molar-refractivity contribution in [3.8, 4) is 6.07 Å². The van der Waals surface area contributed by atoms with Gasteiger partial charge in [0.2, 0.25) is 0 Å². The molecular weight excluding hydrogens is 300 g/mol. The molecule has 24 heavy (non-hydrogen) atoms. The summed E-state index contributed by atoms with van der Waals surface area (Å²) in [6, 6.07) is 15.9. The van der Waals surface area contributed by atoms with Gasteiger partial charge < -0.3 is 10.0 Å². The molecule has 1 aliphatic rings. The third kappa shape index (κ3) is 3.73. The molecule has 1 N–H and O–H groups in total. The molecular formula is C19H22N4O. The Morgan fingerprint density at radius 3 is 2.67 bits per heavy atom. The van der Waals surface area contributed by atoms with E-state index in [0.29, 0.717) is 18.2 Å². The van der Waals surface area contributed by atoms with Gasteiger partial charge >= 0.3 is 0 Å². The minimum Gasteiger partial charge on any atom is -0.387 e. The van der Waals surface area contributed by atoms with Crippen molar-refractivity contribution < 1.29 is 5.11 Å². The van der Waals surface area contributed by atoms with Gasteiger partial charge in [-0.2, -0.15) is 5.26 Å². The highest BCUT2D eigenvalue weighted by molar-refractivity contribution is 5.42. The molecule has 0 aliphatic carbocycles. The van der Waals surface area contributed by atoms with Gasteiger partial charge in [0.25, 0.3) is 0 Å². The summed E-state index contributed by atoms with van der Waals surface area (Å²) in [6.07, 6.45) is 1.15. The Kier molecular flexibility index (Phi) is 5.09. The van der Waals surface area contributed by atoms with Gasteiger partial charge in [-0.3, -0.25) is 4.90 Å². The lowest BCUT2D eigenvalue weighted by atomic mass is 10.1. The van der Waals surface area contributed by atoms with Crippen LogP contribution in [0.2, 0.25) is 0 Å².